The lowest BCUT2D eigenvalue weighted by Crippen LogP contribution is -2.56. The molecule has 0 unspecified atom stereocenters. The molecule has 2 fully saturated rings. The molecule has 0 aromatic heterocycles. The molecular formula is C17H21N3O. The van der Waals surface area contributed by atoms with E-state index in [4.69, 9.17) is 0 Å². The molecule has 1 saturated carbocycles. The standard InChI is InChI=1S/C17H21N3O/c1-14-11-17(12-14,13-18)16(21)20-9-7-19(8-10-20)15-5-3-2-4-6-15/h2-6,14H,7-12H2,1H3. The average Bonchev–Trinajstić information content (AvgIpc) is 2.52. The molecule has 1 aliphatic heterocycles. The van der Waals surface area contributed by atoms with E-state index in [1.54, 1.807) is 0 Å². The van der Waals surface area contributed by atoms with Crippen molar-refractivity contribution in [2.75, 3.05) is 31.1 Å². The largest absolute Gasteiger partial charge is 0.368 e. The minimum Gasteiger partial charge on any atom is -0.368 e. The van der Waals surface area contributed by atoms with Gasteiger partial charge >= 0.3 is 0 Å². The van der Waals surface area contributed by atoms with E-state index in [1.807, 2.05) is 23.1 Å². The maximum atomic E-state index is 12.6. The fourth-order valence-corrected chi connectivity index (χ4v) is 3.55. The molecule has 0 bridgehead atoms. The topological polar surface area (TPSA) is 47.3 Å². The quantitative estimate of drug-likeness (QED) is 0.836. The highest BCUT2D eigenvalue weighted by Crippen LogP contribution is 2.46. The summed E-state index contributed by atoms with van der Waals surface area (Å²) < 4.78 is 0. The molecule has 1 aliphatic carbocycles. The number of amides is 1. The van der Waals surface area contributed by atoms with E-state index in [1.165, 1.54) is 5.69 Å². The monoisotopic (exact) mass is 283 g/mol. The first-order valence-corrected chi connectivity index (χ1v) is 7.65. The van der Waals surface area contributed by atoms with Gasteiger partial charge in [-0.15, -0.1) is 0 Å². The van der Waals surface area contributed by atoms with Gasteiger partial charge in [-0.2, -0.15) is 5.26 Å². The molecule has 2 aliphatic rings. The van der Waals surface area contributed by atoms with Gasteiger partial charge in [-0.3, -0.25) is 4.79 Å². The van der Waals surface area contributed by atoms with Crippen LogP contribution in [0.5, 0.6) is 0 Å². The molecule has 110 valence electrons. The van der Waals surface area contributed by atoms with Crippen LogP contribution in [-0.4, -0.2) is 37.0 Å². The van der Waals surface area contributed by atoms with Crippen molar-refractivity contribution in [1.29, 1.82) is 5.26 Å². The molecule has 0 radical (unpaired) electrons. The van der Waals surface area contributed by atoms with Crippen LogP contribution >= 0.6 is 0 Å². The van der Waals surface area contributed by atoms with Crippen LogP contribution in [0.2, 0.25) is 0 Å². The number of anilines is 1. The Balaban J connectivity index is 1.61. The highest BCUT2D eigenvalue weighted by Gasteiger charge is 2.50. The summed E-state index contributed by atoms with van der Waals surface area (Å²) in [7, 11) is 0. The van der Waals surface area contributed by atoms with Gasteiger partial charge in [0.15, 0.2) is 0 Å². The third-order valence-electron chi connectivity index (χ3n) is 4.71. The normalized spacial score (nSPS) is 28.7. The summed E-state index contributed by atoms with van der Waals surface area (Å²) in [5.41, 5.74) is 0.478. The van der Waals surface area contributed by atoms with Gasteiger partial charge in [-0.1, -0.05) is 25.1 Å². The fourth-order valence-electron chi connectivity index (χ4n) is 3.55. The van der Waals surface area contributed by atoms with Gasteiger partial charge in [0.25, 0.3) is 0 Å². The minimum atomic E-state index is -0.728. The van der Waals surface area contributed by atoms with E-state index in [0.29, 0.717) is 19.0 Å². The lowest BCUT2D eigenvalue weighted by Gasteiger charge is -2.45. The van der Waals surface area contributed by atoms with E-state index in [-0.39, 0.29) is 5.91 Å². The van der Waals surface area contributed by atoms with Crippen molar-refractivity contribution in [3.05, 3.63) is 30.3 Å². The average molecular weight is 283 g/mol. The van der Waals surface area contributed by atoms with Gasteiger partial charge in [0.1, 0.15) is 5.41 Å². The number of hydrogen-bond donors (Lipinski definition) is 0. The summed E-state index contributed by atoms with van der Waals surface area (Å²) in [6.07, 6.45) is 1.45. The van der Waals surface area contributed by atoms with Gasteiger partial charge in [0, 0.05) is 31.9 Å². The lowest BCUT2D eigenvalue weighted by molar-refractivity contribution is -0.145. The first kappa shape index (κ1) is 13.9. The number of para-hydroxylation sites is 1. The zero-order valence-electron chi connectivity index (χ0n) is 12.5. The number of benzene rings is 1. The van der Waals surface area contributed by atoms with Crippen molar-refractivity contribution in [3.63, 3.8) is 0 Å². The zero-order chi connectivity index (χ0) is 14.9. The van der Waals surface area contributed by atoms with Crippen LogP contribution in [0.4, 0.5) is 5.69 Å². The van der Waals surface area contributed by atoms with Crippen molar-refractivity contribution in [2.24, 2.45) is 11.3 Å². The fraction of sp³-hybridized carbons (Fsp3) is 0.529. The molecule has 1 amide bonds. The van der Waals surface area contributed by atoms with E-state index >= 15 is 0 Å². The highest BCUT2D eigenvalue weighted by atomic mass is 16.2. The number of hydrogen-bond acceptors (Lipinski definition) is 3. The van der Waals surface area contributed by atoms with Gasteiger partial charge in [-0.25, -0.2) is 0 Å². The molecule has 1 aromatic carbocycles. The van der Waals surface area contributed by atoms with Crippen molar-refractivity contribution in [3.8, 4) is 6.07 Å². The van der Waals surface area contributed by atoms with Crippen LogP contribution in [0, 0.1) is 22.7 Å². The number of rotatable bonds is 2. The van der Waals surface area contributed by atoms with Crippen LogP contribution in [-0.2, 0) is 4.79 Å². The van der Waals surface area contributed by atoms with E-state index in [0.717, 1.165) is 25.9 Å². The molecule has 4 nitrogen and oxygen atoms in total. The molecule has 4 heteroatoms. The summed E-state index contributed by atoms with van der Waals surface area (Å²) in [4.78, 5) is 16.8. The van der Waals surface area contributed by atoms with Crippen molar-refractivity contribution >= 4 is 11.6 Å². The van der Waals surface area contributed by atoms with E-state index in [2.05, 4.69) is 30.0 Å². The van der Waals surface area contributed by atoms with Gasteiger partial charge < -0.3 is 9.80 Å². The molecule has 21 heavy (non-hydrogen) atoms. The predicted octanol–water partition coefficient (Wildman–Crippen LogP) is 2.28. The Morgan fingerprint density at radius 2 is 1.81 bits per heavy atom. The van der Waals surface area contributed by atoms with E-state index in [9.17, 15) is 10.1 Å². The van der Waals surface area contributed by atoms with Crippen molar-refractivity contribution in [2.45, 2.75) is 19.8 Å². The second-order valence-corrected chi connectivity index (χ2v) is 6.32. The Hall–Kier alpha value is -2.02. The Bertz CT molecular complexity index is 549. The summed E-state index contributed by atoms with van der Waals surface area (Å²) in [6, 6.07) is 12.6. The summed E-state index contributed by atoms with van der Waals surface area (Å²) >= 11 is 0. The lowest BCUT2D eigenvalue weighted by atomic mass is 9.62. The van der Waals surface area contributed by atoms with Crippen LogP contribution in [0.25, 0.3) is 0 Å². The maximum Gasteiger partial charge on any atom is 0.243 e. The van der Waals surface area contributed by atoms with Gasteiger partial charge in [0.2, 0.25) is 5.91 Å². The summed E-state index contributed by atoms with van der Waals surface area (Å²) in [5.74, 6) is 0.551. The third-order valence-corrected chi connectivity index (χ3v) is 4.71. The van der Waals surface area contributed by atoms with Crippen LogP contribution < -0.4 is 4.90 Å². The minimum absolute atomic E-state index is 0.0517. The number of nitrogens with zero attached hydrogens (tertiary/aromatic N) is 3. The predicted molar refractivity (Wildman–Crippen MR) is 81.7 cm³/mol. The third kappa shape index (κ3) is 2.49. The number of carbonyl (C=O) groups excluding carboxylic acids is 1. The van der Waals surface area contributed by atoms with Crippen LogP contribution in [0.3, 0.4) is 0 Å². The Morgan fingerprint density at radius 3 is 2.33 bits per heavy atom. The SMILES string of the molecule is CC1CC(C#N)(C(=O)N2CCN(c3ccccc3)CC2)C1. The first-order chi connectivity index (χ1) is 10.1. The molecule has 1 heterocycles. The van der Waals surface area contributed by atoms with Crippen LogP contribution in [0.15, 0.2) is 30.3 Å². The molecule has 0 spiro atoms. The molecule has 0 N–H and O–H groups in total. The second-order valence-electron chi connectivity index (χ2n) is 6.32. The van der Waals surface area contributed by atoms with Crippen LogP contribution in [0.1, 0.15) is 19.8 Å². The highest BCUT2D eigenvalue weighted by molar-refractivity contribution is 5.86. The number of piperazine rings is 1. The Labute approximate surface area is 126 Å². The van der Waals surface area contributed by atoms with E-state index < -0.39 is 5.41 Å². The molecule has 1 aromatic rings. The number of carbonyl (C=O) groups is 1. The maximum absolute atomic E-state index is 12.6. The van der Waals surface area contributed by atoms with Gasteiger partial charge in [-0.05, 0) is 30.9 Å². The molecule has 0 atom stereocenters. The number of nitriles is 1. The Morgan fingerprint density at radius 1 is 1.19 bits per heavy atom. The van der Waals surface area contributed by atoms with Crippen molar-refractivity contribution < 1.29 is 4.79 Å². The zero-order valence-corrected chi connectivity index (χ0v) is 12.5. The Kier molecular flexibility index (Phi) is 3.59. The summed E-state index contributed by atoms with van der Waals surface area (Å²) in [5, 5.41) is 9.38. The van der Waals surface area contributed by atoms with Gasteiger partial charge in [0.05, 0.1) is 6.07 Å². The summed E-state index contributed by atoms with van der Waals surface area (Å²) in [6.45, 7) is 5.22. The smallest absolute Gasteiger partial charge is 0.243 e. The second kappa shape index (κ2) is 5.40. The molecular weight excluding hydrogens is 262 g/mol. The molecule has 1 saturated heterocycles. The molecule has 3 rings (SSSR count). The van der Waals surface area contributed by atoms with Crippen molar-refractivity contribution in [1.82, 2.24) is 4.90 Å². The first-order valence-electron chi connectivity index (χ1n) is 7.65.